The van der Waals surface area contributed by atoms with E-state index in [1.165, 1.54) is 7.11 Å². The summed E-state index contributed by atoms with van der Waals surface area (Å²) in [7, 11) is 1.26. The van der Waals surface area contributed by atoms with Gasteiger partial charge in [-0.1, -0.05) is 6.92 Å². The Morgan fingerprint density at radius 1 is 1.78 bits per heavy atom. The van der Waals surface area contributed by atoms with Crippen molar-refractivity contribution in [2.24, 2.45) is 0 Å². The molecule has 51 valence electrons. The van der Waals surface area contributed by atoms with Crippen molar-refractivity contribution < 1.29 is 9.53 Å². The number of rotatable bonds is 3. The Bertz CT molecular complexity index is 120. The highest BCUT2D eigenvalue weighted by atomic mass is 16.5. The lowest BCUT2D eigenvalue weighted by Crippen LogP contribution is -2.13. The van der Waals surface area contributed by atoms with Crippen molar-refractivity contribution in [1.29, 1.82) is 5.41 Å². The van der Waals surface area contributed by atoms with Crippen molar-refractivity contribution in [3.63, 3.8) is 0 Å². The molecule has 0 amide bonds. The summed E-state index contributed by atoms with van der Waals surface area (Å²) in [6.07, 6.45) is 0.959. The maximum absolute atomic E-state index is 10.4. The second kappa shape index (κ2) is 4.06. The average molecular weight is 128 g/mol. The molecule has 0 heterocycles. The molecular formula is C6H10NO2. The van der Waals surface area contributed by atoms with E-state index in [1.54, 1.807) is 0 Å². The van der Waals surface area contributed by atoms with Crippen molar-refractivity contribution in [1.82, 2.24) is 0 Å². The van der Waals surface area contributed by atoms with E-state index in [9.17, 15) is 4.79 Å². The Hall–Kier alpha value is -0.860. The van der Waals surface area contributed by atoms with Crippen molar-refractivity contribution >= 4 is 11.7 Å². The van der Waals surface area contributed by atoms with Crippen LogP contribution >= 0.6 is 0 Å². The van der Waals surface area contributed by atoms with E-state index in [0.29, 0.717) is 12.8 Å². The number of nitrogens with one attached hydrogen (secondary N) is 1. The molecule has 0 rings (SSSR count). The first-order valence-electron chi connectivity index (χ1n) is 2.67. The van der Waals surface area contributed by atoms with Gasteiger partial charge in [0.05, 0.1) is 7.11 Å². The second-order valence-corrected chi connectivity index (χ2v) is 1.57. The molecule has 0 aliphatic carbocycles. The van der Waals surface area contributed by atoms with Crippen LogP contribution < -0.4 is 0 Å². The minimum absolute atomic E-state index is 0.00694. The van der Waals surface area contributed by atoms with E-state index in [1.807, 2.05) is 0 Å². The standard InChI is InChI=1S/C6H10NO2/c1-3-4-5(7)6(8)9-2/h7H,1,3-4H2,2H3. The molecule has 0 saturated carbocycles. The van der Waals surface area contributed by atoms with Gasteiger partial charge in [0, 0.05) is 0 Å². The minimum atomic E-state index is -0.557. The van der Waals surface area contributed by atoms with E-state index >= 15 is 0 Å². The number of hydrogen-bond acceptors (Lipinski definition) is 3. The lowest BCUT2D eigenvalue weighted by atomic mass is 10.2. The summed E-state index contributed by atoms with van der Waals surface area (Å²) in [4.78, 5) is 10.4. The molecule has 0 aromatic carbocycles. The van der Waals surface area contributed by atoms with Gasteiger partial charge in [0.2, 0.25) is 0 Å². The molecule has 0 fully saturated rings. The molecule has 0 spiro atoms. The Balaban J connectivity index is 3.60. The topological polar surface area (TPSA) is 50.2 Å². The van der Waals surface area contributed by atoms with Crippen molar-refractivity contribution in [3.05, 3.63) is 6.92 Å². The predicted octanol–water partition coefficient (Wildman–Crippen LogP) is 0.793. The van der Waals surface area contributed by atoms with Crippen molar-refractivity contribution in [2.75, 3.05) is 7.11 Å². The second-order valence-electron chi connectivity index (χ2n) is 1.57. The fraction of sp³-hybridized carbons (Fsp3) is 0.500. The number of esters is 1. The van der Waals surface area contributed by atoms with Crippen molar-refractivity contribution in [3.8, 4) is 0 Å². The van der Waals surface area contributed by atoms with Crippen LogP contribution in [0.15, 0.2) is 0 Å². The number of methoxy groups -OCH3 is 1. The third kappa shape index (κ3) is 2.85. The van der Waals surface area contributed by atoms with Crippen LogP contribution in [-0.2, 0) is 9.53 Å². The first-order valence-corrected chi connectivity index (χ1v) is 2.67. The fourth-order valence-electron chi connectivity index (χ4n) is 0.402. The van der Waals surface area contributed by atoms with E-state index in [2.05, 4.69) is 11.7 Å². The van der Waals surface area contributed by atoms with Crippen LogP contribution in [0.1, 0.15) is 12.8 Å². The van der Waals surface area contributed by atoms with Gasteiger partial charge >= 0.3 is 5.97 Å². The Labute approximate surface area is 54.5 Å². The zero-order valence-corrected chi connectivity index (χ0v) is 5.44. The van der Waals surface area contributed by atoms with Gasteiger partial charge in [0.25, 0.3) is 0 Å². The third-order valence-corrected chi connectivity index (χ3v) is 0.859. The Kier molecular flexibility index (Phi) is 3.67. The summed E-state index contributed by atoms with van der Waals surface area (Å²) in [6, 6.07) is 0. The van der Waals surface area contributed by atoms with Gasteiger partial charge < -0.3 is 4.74 Å². The number of carbonyl (C=O) groups excluding carboxylic acids is 1. The van der Waals surface area contributed by atoms with Gasteiger partial charge in [-0.05, 0) is 12.8 Å². The van der Waals surface area contributed by atoms with Gasteiger partial charge in [-0.2, -0.15) is 0 Å². The molecule has 1 radical (unpaired) electrons. The molecular weight excluding hydrogens is 118 g/mol. The van der Waals surface area contributed by atoms with Gasteiger partial charge in [-0.15, -0.1) is 0 Å². The number of ether oxygens (including phenoxy) is 1. The first-order chi connectivity index (χ1) is 4.22. The minimum Gasteiger partial charge on any atom is -0.465 e. The summed E-state index contributed by atoms with van der Waals surface area (Å²) in [5.74, 6) is -0.557. The lowest BCUT2D eigenvalue weighted by Gasteiger charge is -1.96. The zero-order valence-electron chi connectivity index (χ0n) is 5.44. The van der Waals surface area contributed by atoms with Crippen LogP contribution in [0.2, 0.25) is 0 Å². The van der Waals surface area contributed by atoms with E-state index in [-0.39, 0.29) is 5.71 Å². The highest BCUT2D eigenvalue weighted by molar-refractivity contribution is 6.34. The monoisotopic (exact) mass is 128 g/mol. The van der Waals surface area contributed by atoms with Gasteiger partial charge in [0.1, 0.15) is 5.71 Å². The maximum atomic E-state index is 10.4. The van der Waals surface area contributed by atoms with Crippen molar-refractivity contribution in [2.45, 2.75) is 12.8 Å². The molecule has 0 atom stereocenters. The molecule has 0 aliphatic rings. The molecule has 0 bridgehead atoms. The highest BCUT2D eigenvalue weighted by Crippen LogP contribution is 1.90. The van der Waals surface area contributed by atoms with Crippen LogP contribution in [-0.4, -0.2) is 18.8 Å². The van der Waals surface area contributed by atoms with E-state index < -0.39 is 5.97 Å². The third-order valence-electron chi connectivity index (χ3n) is 0.859. The van der Waals surface area contributed by atoms with Crippen LogP contribution in [0.4, 0.5) is 0 Å². The van der Waals surface area contributed by atoms with Crippen LogP contribution in [0.25, 0.3) is 0 Å². The molecule has 3 heteroatoms. The lowest BCUT2D eigenvalue weighted by molar-refractivity contribution is -0.132. The Morgan fingerprint density at radius 3 is 2.67 bits per heavy atom. The first kappa shape index (κ1) is 8.14. The van der Waals surface area contributed by atoms with Crippen LogP contribution in [0.5, 0.6) is 0 Å². The molecule has 0 aliphatic heterocycles. The van der Waals surface area contributed by atoms with Gasteiger partial charge in [-0.3, -0.25) is 5.41 Å². The number of carbonyl (C=O) groups is 1. The van der Waals surface area contributed by atoms with Gasteiger partial charge in [0.15, 0.2) is 0 Å². The molecule has 0 unspecified atom stereocenters. The fourth-order valence-corrected chi connectivity index (χ4v) is 0.402. The number of hydrogen-bond donors (Lipinski definition) is 1. The summed E-state index contributed by atoms with van der Waals surface area (Å²) < 4.78 is 4.27. The molecule has 1 N–H and O–H groups in total. The summed E-state index contributed by atoms with van der Waals surface area (Å²) in [6.45, 7) is 3.49. The molecule has 0 aromatic heterocycles. The summed E-state index contributed by atoms with van der Waals surface area (Å²) in [5, 5.41) is 6.98. The molecule has 0 aromatic rings. The predicted molar refractivity (Wildman–Crippen MR) is 34.3 cm³/mol. The molecule has 9 heavy (non-hydrogen) atoms. The van der Waals surface area contributed by atoms with Crippen LogP contribution in [0.3, 0.4) is 0 Å². The zero-order chi connectivity index (χ0) is 7.28. The van der Waals surface area contributed by atoms with Crippen LogP contribution in [0, 0.1) is 12.3 Å². The molecule has 0 saturated heterocycles. The highest BCUT2D eigenvalue weighted by Gasteiger charge is 2.05. The summed E-state index contributed by atoms with van der Waals surface area (Å²) in [5.41, 5.74) is -0.00694. The largest absolute Gasteiger partial charge is 0.465 e. The Morgan fingerprint density at radius 2 is 2.33 bits per heavy atom. The van der Waals surface area contributed by atoms with E-state index in [4.69, 9.17) is 5.41 Å². The smallest absolute Gasteiger partial charge is 0.351 e. The molecule has 3 nitrogen and oxygen atoms in total. The summed E-state index contributed by atoms with van der Waals surface area (Å²) >= 11 is 0. The normalized spacial score (nSPS) is 8.67. The quantitative estimate of drug-likeness (QED) is 0.451. The van der Waals surface area contributed by atoms with Gasteiger partial charge in [-0.25, -0.2) is 4.79 Å². The average Bonchev–Trinajstić information content (AvgIpc) is 1.87. The SMILES string of the molecule is [CH2]CCC(=N)C(=O)OC. The van der Waals surface area contributed by atoms with E-state index in [0.717, 1.165) is 0 Å². The maximum Gasteiger partial charge on any atom is 0.351 e.